The molecule has 14 heavy (non-hydrogen) atoms. The van der Waals surface area contributed by atoms with Crippen molar-refractivity contribution < 1.29 is 5.11 Å². The Morgan fingerprint density at radius 3 is 2.50 bits per heavy atom. The first kappa shape index (κ1) is 9.49. The molecule has 0 saturated carbocycles. The predicted octanol–water partition coefficient (Wildman–Crippen LogP) is 1.64. The van der Waals surface area contributed by atoms with Crippen LogP contribution in [0.15, 0.2) is 29.3 Å². The van der Waals surface area contributed by atoms with Crippen LogP contribution in [0.4, 0.5) is 0 Å². The summed E-state index contributed by atoms with van der Waals surface area (Å²) in [7, 11) is 0. The number of aliphatic imine (C=N–C) groups is 1. The fourth-order valence-electron chi connectivity index (χ4n) is 1.58. The van der Waals surface area contributed by atoms with E-state index in [1.165, 1.54) is 0 Å². The summed E-state index contributed by atoms with van der Waals surface area (Å²) in [5, 5.41) is 10.8. The van der Waals surface area contributed by atoms with Crippen LogP contribution in [0.5, 0.6) is 0 Å². The van der Waals surface area contributed by atoms with Gasteiger partial charge in [0.25, 0.3) is 0 Å². The minimum atomic E-state index is -1.14. The van der Waals surface area contributed by atoms with Crippen molar-refractivity contribution in [2.24, 2.45) is 10.7 Å². The zero-order valence-electron chi connectivity index (χ0n) is 7.57. The molecular formula is C10H11ClN2O. The highest BCUT2D eigenvalue weighted by atomic mass is 35.5. The van der Waals surface area contributed by atoms with E-state index in [1.54, 1.807) is 24.3 Å². The zero-order chi connectivity index (χ0) is 10.2. The first-order valence-corrected chi connectivity index (χ1v) is 4.80. The molecule has 0 unspecified atom stereocenters. The fourth-order valence-corrected chi connectivity index (χ4v) is 1.70. The Balaban J connectivity index is 2.35. The summed E-state index contributed by atoms with van der Waals surface area (Å²) >= 11 is 5.75. The smallest absolute Gasteiger partial charge is 0.184 e. The molecule has 1 atom stereocenters. The molecule has 2 rings (SSSR count). The molecule has 0 radical (unpaired) electrons. The monoisotopic (exact) mass is 210 g/mol. The van der Waals surface area contributed by atoms with Gasteiger partial charge in [0, 0.05) is 23.4 Å². The van der Waals surface area contributed by atoms with Gasteiger partial charge in [-0.2, -0.15) is 0 Å². The van der Waals surface area contributed by atoms with Crippen LogP contribution in [-0.4, -0.2) is 10.9 Å². The van der Waals surface area contributed by atoms with Crippen LogP contribution in [0.1, 0.15) is 18.4 Å². The topological polar surface area (TPSA) is 58.6 Å². The number of hydrogen-bond donors (Lipinski definition) is 2. The van der Waals surface area contributed by atoms with Gasteiger partial charge < -0.3 is 10.8 Å². The highest BCUT2D eigenvalue weighted by molar-refractivity contribution is 6.30. The second-order valence-corrected chi connectivity index (χ2v) is 3.86. The Bertz CT molecular complexity index is 374. The van der Waals surface area contributed by atoms with E-state index in [2.05, 4.69) is 4.99 Å². The maximum Gasteiger partial charge on any atom is 0.184 e. The number of halogens is 1. The largest absolute Gasteiger partial charge is 0.387 e. The molecular weight excluding hydrogens is 200 g/mol. The Labute approximate surface area is 87.2 Å². The van der Waals surface area contributed by atoms with Gasteiger partial charge in [0.05, 0.1) is 5.84 Å². The van der Waals surface area contributed by atoms with Crippen molar-refractivity contribution in [1.82, 2.24) is 0 Å². The van der Waals surface area contributed by atoms with Crippen LogP contribution in [0.25, 0.3) is 0 Å². The molecule has 3 nitrogen and oxygen atoms in total. The van der Waals surface area contributed by atoms with Crippen molar-refractivity contribution in [3.63, 3.8) is 0 Å². The lowest BCUT2D eigenvalue weighted by Crippen LogP contribution is -2.19. The third-order valence-electron chi connectivity index (χ3n) is 2.36. The van der Waals surface area contributed by atoms with Gasteiger partial charge in [-0.05, 0) is 12.1 Å². The number of benzene rings is 1. The van der Waals surface area contributed by atoms with Gasteiger partial charge in [0.15, 0.2) is 5.72 Å². The normalized spacial score (nSPS) is 26.3. The average molecular weight is 211 g/mol. The van der Waals surface area contributed by atoms with Gasteiger partial charge >= 0.3 is 0 Å². The maximum atomic E-state index is 10.1. The SMILES string of the molecule is NC1=N[C@@](O)(c2ccc(Cl)cc2)CC1. The van der Waals surface area contributed by atoms with E-state index in [9.17, 15) is 5.11 Å². The zero-order valence-corrected chi connectivity index (χ0v) is 8.33. The Morgan fingerprint density at radius 2 is 2.00 bits per heavy atom. The summed E-state index contributed by atoms with van der Waals surface area (Å²) < 4.78 is 0. The number of aliphatic hydroxyl groups is 1. The second-order valence-electron chi connectivity index (χ2n) is 3.43. The molecule has 0 spiro atoms. The van der Waals surface area contributed by atoms with Crippen molar-refractivity contribution in [2.75, 3.05) is 0 Å². The molecule has 74 valence electrons. The van der Waals surface area contributed by atoms with Crippen LogP contribution in [0, 0.1) is 0 Å². The summed E-state index contributed by atoms with van der Waals surface area (Å²) in [6.07, 6.45) is 1.18. The molecule has 0 saturated heterocycles. The highest BCUT2D eigenvalue weighted by Crippen LogP contribution is 2.33. The van der Waals surface area contributed by atoms with Crippen molar-refractivity contribution in [2.45, 2.75) is 18.6 Å². The summed E-state index contributed by atoms with van der Waals surface area (Å²) in [4.78, 5) is 4.03. The summed E-state index contributed by atoms with van der Waals surface area (Å²) in [5.41, 5.74) is 5.14. The van der Waals surface area contributed by atoms with Crippen LogP contribution < -0.4 is 5.73 Å². The van der Waals surface area contributed by atoms with E-state index in [1.807, 2.05) is 0 Å². The first-order valence-electron chi connectivity index (χ1n) is 4.43. The third kappa shape index (κ3) is 1.61. The number of nitrogens with two attached hydrogens (primary N) is 1. The van der Waals surface area contributed by atoms with E-state index in [4.69, 9.17) is 17.3 Å². The minimum absolute atomic E-state index is 0.502. The van der Waals surface area contributed by atoms with Gasteiger partial charge in [-0.1, -0.05) is 23.7 Å². The van der Waals surface area contributed by atoms with E-state index in [0.717, 1.165) is 5.56 Å². The third-order valence-corrected chi connectivity index (χ3v) is 2.62. The lowest BCUT2D eigenvalue weighted by molar-refractivity contribution is 0.0484. The molecule has 3 N–H and O–H groups in total. The quantitative estimate of drug-likeness (QED) is 0.740. The molecule has 0 fully saturated rings. The first-order chi connectivity index (χ1) is 6.60. The molecule has 1 aromatic rings. The van der Waals surface area contributed by atoms with Gasteiger partial charge in [-0.15, -0.1) is 0 Å². The van der Waals surface area contributed by atoms with Gasteiger partial charge in [0.1, 0.15) is 0 Å². The lowest BCUT2D eigenvalue weighted by atomic mass is 10.0. The Kier molecular flexibility index (Phi) is 2.21. The van der Waals surface area contributed by atoms with E-state index < -0.39 is 5.72 Å². The molecule has 4 heteroatoms. The molecule has 0 amide bonds. The van der Waals surface area contributed by atoms with E-state index >= 15 is 0 Å². The van der Waals surface area contributed by atoms with E-state index in [0.29, 0.717) is 23.7 Å². The maximum absolute atomic E-state index is 10.1. The van der Waals surface area contributed by atoms with Gasteiger partial charge in [-0.3, -0.25) is 0 Å². The van der Waals surface area contributed by atoms with Gasteiger partial charge in [-0.25, -0.2) is 4.99 Å². The molecule has 0 aromatic heterocycles. The lowest BCUT2D eigenvalue weighted by Gasteiger charge is -2.18. The summed E-state index contributed by atoms with van der Waals surface area (Å²) in [5.74, 6) is 0.502. The molecule has 1 aliphatic rings. The van der Waals surface area contributed by atoms with Crippen LogP contribution in [0.3, 0.4) is 0 Å². The number of rotatable bonds is 1. The molecule has 0 aliphatic carbocycles. The van der Waals surface area contributed by atoms with Crippen LogP contribution in [-0.2, 0) is 5.72 Å². The Hall–Kier alpha value is -1.06. The van der Waals surface area contributed by atoms with Crippen molar-refractivity contribution >= 4 is 17.4 Å². The van der Waals surface area contributed by atoms with Crippen molar-refractivity contribution in [3.8, 4) is 0 Å². The van der Waals surface area contributed by atoms with Gasteiger partial charge in [0.2, 0.25) is 0 Å². The van der Waals surface area contributed by atoms with E-state index in [-0.39, 0.29) is 0 Å². The minimum Gasteiger partial charge on any atom is -0.387 e. The standard InChI is InChI=1S/C10H11ClN2O/c11-8-3-1-7(2-4-8)10(14)6-5-9(12)13-10/h1-4,14H,5-6H2,(H2,12,13)/t10-/m0/s1. The van der Waals surface area contributed by atoms with Crippen LogP contribution in [0.2, 0.25) is 5.02 Å². The summed E-state index contributed by atoms with van der Waals surface area (Å²) in [6, 6.07) is 7.01. The second kappa shape index (κ2) is 3.26. The summed E-state index contributed by atoms with van der Waals surface area (Å²) in [6.45, 7) is 0. The molecule has 1 aromatic carbocycles. The number of amidine groups is 1. The Morgan fingerprint density at radius 1 is 1.36 bits per heavy atom. The molecule has 1 aliphatic heterocycles. The van der Waals surface area contributed by atoms with Crippen molar-refractivity contribution in [1.29, 1.82) is 0 Å². The molecule has 1 heterocycles. The van der Waals surface area contributed by atoms with Crippen LogP contribution >= 0.6 is 11.6 Å². The number of hydrogen-bond acceptors (Lipinski definition) is 3. The van der Waals surface area contributed by atoms with Crippen molar-refractivity contribution in [3.05, 3.63) is 34.9 Å². The molecule has 0 bridgehead atoms. The fraction of sp³-hybridized carbons (Fsp3) is 0.300. The predicted molar refractivity (Wildman–Crippen MR) is 56.2 cm³/mol. The average Bonchev–Trinajstić information content (AvgIpc) is 2.48. The highest BCUT2D eigenvalue weighted by Gasteiger charge is 2.33. The number of nitrogens with zero attached hydrogens (tertiary/aromatic N) is 1.